The summed E-state index contributed by atoms with van der Waals surface area (Å²) in [6.45, 7) is 0. The molecule has 0 aliphatic carbocycles. The number of benzene rings is 2. The van der Waals surface area contributed by atoms with E-state index in [1.807, 2.05) is 60.7 Å². The van der Waals surface area contributed by atoms with E-state index in [1.165, 1.54) is 0 Å². The Morgan fingerprint density at radius 1 is 0.880 bits per heavy atom. The van der Waals surface area contributed by atoms with Crippen LogP contribution in [0.15, 0.2) is 81.2 Å². The minimum atomic E-state index is -0.308. The van der Waals surface area contributed by atoms with Crippen LogP contribution in [0.1, 0.15) is 0 Å². The van der Waals surface area contributed by atoms with E-state index in [0.29, 0.717) is 11.6 Å². The highest BCUT2D eigenvalue weighted by atomic mass is 16.3. The summed E-state index contributed by atoms with van der Waals surface area (Å²) in [5, 5.41) is 16.4. The van der Waals surface area contributed by atoms with E-state index >= 15 is 0 Å². The van der Waals surface area contributed by atoms with Crippen LogP contribution in [0.5, 0.6) is 0 Å². The molecule has 8 heteroatoms. The van der Waals surface area contributed by atoms with Gasteiger partial charge in [0, 0.05) is 27.0 Å². The Kier molecular flexibility index (Phi) is 3.76. The van der Waals surface area contributed by atoms with Crippen LogP contribution in [-0.4, -0.2) is 15.9 Å². The zero-order chi connectivity index (χ0) is 17.1. The molecule has 0 bridgehead atoms. The van der Waals surface area contributed by atoms with E-state index in [9.17, 15) is 4.91 Å². The molecule has 0 amide bonds. The lowest BCUT2D eigenvalue weighted by Crippen LogP contribution is -1.95. The molecular formula is C17H13N7O. The summed E-state index contributed by atoms with van der Waals surface area (Å²) >= 11 is 0. The van der Waals surface area contributed by atoms with Crippen LogP contribution in [0.2, 0.25) is 0 Å². The van der Waals surface area contributed by atoms with Gasteiger partial charge in [0.15, 0.2) is 5.82 Å². The normalized spacial score (nSPS) is 12.2. The highest BCUT2D eigenvalue weighted by molar-refractivity contribution is 5.86. The molecular weight excluding hydrogens is 318 g/mol. The van der Waals surface area contributed by atoms with Gasteiger partial charge >= 0.3 is 5.96 Å². The summed E-state index contributed by atoms with van der Waals surface area (Å²) in [5.74, 6) is 0.837. The lowest BCUT2D eigenvalue weighted by atomic mass is 10.2. The third-order valence-electron chi connectivity index (χ3n) is 3.65. The fraction of sp³-hybridized carbons (Fsp3) is 0. The summed E-state index contributed by atoms with van der Waals surface area (Å²) < 4.78 is 0. The largest absolute Gasteiger partial charge is 0.340 e. The molecule has 0 fully saturated rings. The molecule has 4 aromatic rings. The summed E-state index contributed by atoms with van der Waals surface area (Å²) in [6, 6.07) is 19.2. The maximum absolute atomic E-state index is 10.9. The van der Waals surface area contributed by atoms with Crippen molar-refractivity contribution in [2.24, 2.45) is 20.5 Å². The van der Waals surface area contributed by atoms with Crippen molar-refractivity contribution in [2.75, 3.05) is 5.43 Å². The molecule has 2 heterocycles. The summed E-state index contributed by atoms with van der Waals surface area (Å²) in [6.07, 6.45) is 0. The number of aromatic amines is 2. The van der Waals surface area contributed by atoms with E-state index < -0.39 is 0 Å². The van der Waals surface area contributed by atoms with Crippen molar-refractivity contribution in [2.45, 2.75) is 0 Å². The Bertz CT molecular complexity index is 1040. The fourth-order valence-electron chi connectivity index (χ4n) is 2.52. The van der Waals surface area contributed by atoms with Gasteiger partial charge in [-0.25, -0.2) is 0 Å². The number of para-hydroxylation sites is 2. The quantitative estimate of drug-likeness (QED) is 0.163. The molecule has 0 radical (unpaired) electrons. The molecule has 3 N–H and O–H groups in total. The fourth-order valence-corrected chi connectivity index (χ4v) is 2.52. The smallest absolute Gasteiger partial charge is 0.326 e. The van der Waals surface area contributed by atoms with Crippen LogP contribution in [0.3, 0.4) is 0 Å². The number of nitrogens with one attached hydrogen (secondary N) is 3. The minimum Gasteiger partial charge on any atom is -0.340 e. The van der Waals surface area contributed by atoms with Crippen molar-refractivity contribution in [3.8, 4) is 0 Å². The second kappa shape index (κ2) is 6.36. The van der Waals surface area contributed by atoms with Crippen LogP contribution in [0, 0.1) is 4.91 Å². The Morgan fingerprint density at radius 3 is 2.24 bits per heavy atom. The number of H-pyrrole nitrogens is 2. The Balaban J connectivity index is 1.52. The van der Waals surface area contributed by atoms with E-state index in [4.69, 9.17) is 0 Å². The van der Waals surface area contributed by atoms with Crippen LogP contribution in [0.25, 0.3) is 21.8 Å². The first kappa shape index (κ1) is 14.8. The summed E-state index contributed by atoms with van der Waals surface area (Å²) in [4.78, 5) is 17.1. The first-order valence-corrected chi connectivity index (χ1v) is 7.56. The number of hydrogen-bond acceptors (Lipinski definition) is 4. The molecule has 0 aliphatic heterocycles. The monoisotopic (exact) mass is 331 g/mol. The van der Waals surface area contributed by atoms with Gasteiger partial charge in [-0.15, -0.1) is 20.2 Å². The van der Waals surface area contributed by atoms with Crippen LogP contribution < -0.4 is 5.43 Å². The van der Waals surface area contributed by atoms with Gasteiger partial charge in [0.2, 0.25) is 0 Å². The van der Waals surface area contributed by atoms with E-state index in [-0.39, 0.29) is 5.96 Å². The van der Waals surface area contributed by atoms with Crippen molar-refractivity contribution in [1.29, 1.82) is 0 Å². The molecule has 0 aliphatic rings. The third kappa shape index (κ3) is 3.13. The number of anilines is 1. The number of nitrogens with zero attached hydrogens (tertiary/aromatic N) is 4. The van der Waals surface area contributed by atoms with E-state index in [0.717, 1.165) is 21.8 Å². The number of nitroso groups, excluding NO2 is 1. The summed E-state index contributed by atoms with van der Waals surface area (Å²) in [7, 11) is 0. The molecule has 0 saturated heterocycles. The molecule has 4 rings (SSSR count). The zero-order valence-electron chi connectivity index (χ0n) is 13.0. The van der Waals surface area contributed by atoms with Crippen molar-refractivity contribution >= 4 is 39.4 Å². The average Bonchev–Trinajstić information content (AvgIpc) is 3.24. The van der Waals surface area contributed by atoms with Gasteiger partial charge in [0.1, 0.15) is 5.82 Å². The van der Waals surface area contributed by atoms with Gasteiger partial charge in [-0.3, -0.25) is 5.43 Å². The first-order valence-electron chi connectivity index (χ1n) is 7.56. The van der Waals surface area contributed by atoms with Gasteiger partial charge in [0.05, 0.1) is 0 Å². The molecule has 25 heavy (non-hydrogen) atoms. The van der Waals surface area contributed by atoms with Crippen molar-refractivity contribution in [3.63, 3.8) is 0 Å². The number of fused-ring (bicyclic) bond motifs is 2. The topological polar surface area (TPSA) is 110 Å². The summed E-state index contributed by atoms with van der Waals surface area (Å²) in [5.41, 5.74) is 4.62. The maximum atomic E-state index is 10.9. The molecule has 2 aromatic heterocycles. The van der Waals surface area contributed by atoms with Crippen LogP contribution >= 0.6 is 0 Å². The lowest BCUT2D eigenvalue weighted by Gasteiger charge is -1.94. The van der Waals surface area contributed by atoms with Crippen molar-refractivity contribution in [1.82, 2.24) is 9.97 Å². The highest BCUT2D eigenvalue weighted by Gasteiger charge is 2.02. The maximum Gasteiger partial charge on any atom is 0.326 e. The predicted octanol–water partition coefficient (Wildman–Crippen LogP) is 4.88. The standard InChI is InChI=1S/C17H13N7O/c25-24-17(22-20-15-9-11-5-1-3-7-13(11)18-15)23-21-16-10-12-6-2-4-8-14(12)19-16/h1-10,18-20H/b22-17-,23-21?. The average molecular weight is 331 g/mol. The second-order valence-corrected chi connectivity index (χ2v) is 5.33. The number of rotatable bonds is 3. The number of azo groups is 1. The Hall–Kier alpha value is -3.81. The minimum absolute atomic E-state index is 0.308. The number of guanidine groups is 1. The predicted molar refractivity (Wildman–Crippen MR) is 98.0 cm³/mol. The molecule has 0 unspecified atom stereocenters. The zero-order valence-corrected chi connectivity index (χ0v) is 13.0. The van der Waals surface area contributed by atoms with Crippen LogP contribution in [0.4, 0.5) is 11.6 Å². The molecule has 122 valence electrons. The molecule has 2 aromatic carbocycles. The molecule has 0 saturated carbocycles. The van der Waals surface area contributed by atoms with Gasteiger partial charge in [-0.1, -0.05) is 36.4 Å². The Labute approximate surface area is 141 Å². The number of hydrogen-bond donors (Lipinski definition) is 3. The highest BCUT2D eigenvalue weighted by Crippen LogP contribution is 2.21. The third-order valence-corrected chi connectivity index (χ3v) is 3.65. The SMILES string of the molecule is O=N/C(N=Nc1cc2ccccc2[nH]1)=N\Nc1cc2ccccc2[nH]1. The van der Waals surface area contributed by atoms with Crippen molar-refractivity contribution < 1.29 is 0 Å². The number of aromatic nitrogens is 2. The molecule has 0 atom stereocenters. The van der Waals surface area contributed by atoms with Gasteiger partial charge < -0.3 is 9.97 Å². The van der Waals surface area contributed by atoms with Gasteiger partial charge in [0.25, 0.3) is 0 Å². The number of hydrazone groups is 1. The molecule has 0 spiro atoms. The van der Waals surface area contributed by atoms with E-state index in [1.54, 1.807) is 0 Å². The first-order chi connectivity index (χ1) is 12.3. The van der Waals surface area contributed by atoms with Gasteiger partial charge in [-0.2, -0.15) is 0 Å². The molecule has 8 nitrogen and oxygen atoms in total. The second-order valence-electron chi connectivity index (χ2n) is 5.33. The van der Waals surface area contributed by atoms with E-state index in [2.05, 4.69) is 35.9 Å². The Morgan fingerprint density at radius 2 is 1.56 bits per heavy atom. The van der Waals surface area contributed by atoms with Gasteiger partial charge in [-0.05, 0) is 24.3 Å². The lowest BCUT2D eigenvalue weighted by molar-refractivity contribution is 1.16. The van der Waals surface area contributed by atoms with Crippen LogP contribution in [-0.2, 0) is 0 Å². The van der Waals surface area contributed by atoms with Crippen molar-refractivity contribution in [3.05, 3.63) is 65.6 Å².